The van der Waals surface area contributed by atoms with E-state index in [2.05, 4.69) is 18.9 Å². The fraction of sp³-hybridized carbons (Fsp3) is 0.444. The lowest BCUT2D eigenvalue weighted by Crippen LogP contribution is -2.36. The standard InChI is InChI=1S/C18H24N2O2/c1-4-10-18(17(21)22,15-8-6-5-7-9-15)16-11-19-20(13-16)12-14(2)3/h5-9,11,13-14H,4,10,12H2,1-3H3,(H,21,22). The summed E-state index contributed by atoms with van der Waals surface area (Å²) in [5.41, 5.74) is 0.549. The minimum Gasteiger partial charge on any atom is -0.480 e. The number of benzene rings is 1. The fourth-order valence-electron chi connectivity index (χ4n) is 2.96. The van der Waals surface area contributed by atoms with Crippen molar-refractivity contribution in [3.05, 3.63) is 53.9 Å². The summed E-state index contributed by atoms with van der Waals surface area (Å²) in [7, 11) is 0. The first-order valence-electron chi connectivity index (χ1n) is 7.82. The number of aliphatic carboxylic acids is 1. The van der Waals surface area contributed by atoms with Crippen LogP contribution in [0.1, 0.15) is 44.7 Å². The van der Waals surface area contributed by atoms with Gasteiger partial charge in [-0.1, -0.05) is 57.5 Å². The normalized spacial score (nSPS) is 14.0. The van der Waals surface area contributed by atoms with Gasteiger partial charge in [-0.25, -0.2) is 0 Å². The minimum absolute atomic E-state index is 0.467. The smallest absolute Gasteiger partial charge is 0.318 e. The van der Waals surface area contributed by atoms with E-state index in [1.807, 2.05) is 48.1 Å². The van der Waals surface area contributed by atoms with Crippen LogP contribution in [0.25, 0.3) is 0 Å². The van der Waals surface area contributed by atoms with Gasteiger partial charge in [-0.3, -0.25) is 9.48 Å². The average molecular weight is 300 g/mol. The van der Waals surface area contributed by atoms with Crippen LogP contribution in [0.15, 0.2) is 42.7 Å². The number of carbonyl (C=O) groups is 1. The van der Waals surface area contributed by atoms with Crippen molar-refractivity contribution in [1.82, 2.24) is 9.78 Å². The molecule has 0 bridgehead atoms. The van der Waals surface area contributed by atoms with E-state index in [0.29, 0.717) is 12.3 Å². The average Bonchev–Trinajstić information content (AvgIpc) is 2.93. The molecule has 0 aliphatic heterocycles. The van der Waals surface area contributed by atoms with Crippen LogP contribution >= 0.6 is 0 Å². The summed E-state index contributed by atoms with van der Waals surface area (Å²) in [5, 5.41) is 14.4. The Bertz CT molecular complexity index is 619. The molecule has 0 aliphatic rings. The zero-order chi connectivity index (χ0) is 16.2. The van der Waals surface area contributed by atoms with Crippen LogP contribution in [0, 0.1) is 5.92 Å². The molecule has 1 aromatic heterocycles. The van der Waals surface area contributed by atoms with Gasteiger partial charge >= 0.3 is 5.97 Å². The lowest BCUT2D eigenvalue weighted by Gasteiger charge is -2.28. The Morgan fingerprint density at radius 2 is 1.95 bits per heavy atom. The Balaban J connectivity index is 2.53. The molecule has 0 spiro atoms. The Labute approximate surface area is 131 Å². The van der Waals surface area contributed by atoms with E-state index < -0.39 is 11.4 Å². The number of nitrogens with zero attached hydrogens (tertiary/aromatic N) is 2. The number of carboxylic acids is 1. The Hall–Kier alpha value is -2.10. The van der Waals surface area contributed by atoms with Gasteiger partial charge in [0.2, 0.25) is 0 Å². The molecule has 0 saturated carbocycles. The van der Waals surface area contributed by atoms with Crippen LogP contribution in [-0.2, 0) is 16.8 Å². The van der Waals surface area contributed by atoms with Crippen LogP contribution in [0.5, 0.6) is 0 Å². The van der Waals surface area contributed by atoms with Crippen LogP contribution in [-0.4, -0.2) is 20.9 Å². The van der Waals surface area contributed by atoms with Gasteiger partial charge in [0.1, 0.15) is 5.41 Å². The first-order valence-corrected chi connectivity index (χ1v) is 7.82. The maximum atomic E-state index is 12.2. The van der Waals surface area contributed by atoms with E-state index in [1.54, 1.807) is 6.20 Å². The highest BCUT2D eigenvalue weighted by Gasteiger charge is 2.42. The summed E-state index contributed by atoms with van der Waals surface area (Å²) in [4.78, 5) is 12.2. The number of carboxylic acid groups (broad SMARTS) is 1. The summed E-state index contributed by atoms with van der Waals surface area (Å²) in [6.07, 6.45) is 4.94. The molecule has 1 atom stereocenters. The third kappa shape index (κ3) is 3.06. The number of hydrogen-bond donors (Lipinski definition) is 1. The third-order valence-electron chi connectivity index (χ3n) is 3.93. The van der Waals surface area contributed by atoms with Gasteiger partial charge in [-0.2, -0.15) is 5.10 Å². The zero-order valence-corrected chi connectivity index (χ0v) is 13.5. The summed E-state index contributed by atoms with van der Waals surface area (Å²) in [5.74, 6) is -0.348. The molecule has 0 fully saturated rings. The molecule has 2 rings (SSSR count). The maximum Gasteiger partial charge on any atom is 0.318 e. The Kier molecular flexibility index (Phi) is 5.01. The van der Waals surface area contributed by atoms with E-state index in [4.69, 9.17) is 0 Å². The first-order chi connectivity index (χ1) is 10.5. The summed E-state index contributed by atoms with van der Waals surface area (Å²) in [6, 6.07) is 9.47. The molecule has 118 valence electrons. The van der Waals surface area contributed by atoms with Gasteiger partial charge < -0.3 is 5.11 Å². The van der Waals surface area contributed by atoms with Gasteiger partial charge in [-0.05, 0) is 17.9 Å². The van der Waals surface area contributed by atoms with Crippen LogP contribution in [0.4, 0.5) is 0 Å². The largest absolute Gasteiger partial charge is 0.480 e. The van der Waals surface area contributed by atoms with Crippen molar-refractivity contribution in [2.45, 2.75) is 45.6 Å². The molecule has 0 saturated heterocycles. The van der Waals surface area contributed by atoms with E-state index in [9.17, 15) is 9.90 Å². The molecule has 0 aliphatic carbocycles. The van der Waals surface area contributed by atoms with E-state index >= 15 is 0 Å². The third-order valence-corrected chi connectivity index (χ3v) is 3.93. The van der Waals surface area contributed by atoms with Crippen LogP contribution in [0.3, 0.4) is 0 Å². The second-order valence-electron chi connectivity index (χ2n) is 6.17. The number of rotatable bonds is 7. The molecular formula is C18H24N2O2. The van der Waals surface area contributed by atoms with Crippen molar-refractivity contribution in [2.24, 2.45) is 5.92 Å². The molecule has 1 unspecified atom stereocenters. The van der Waals surface area contributed by atoms with Crippen molar-refractivity contribution in [1.29, 1.82) is 0 Å². The number of hydrogen-bond acceptors (Lipinski definition) is 2. The van der Waals surface area contributed by atoms with E-state index in [1.165, 1.54) is 0 Å². The highest BCUT2D eigenvalue weighted by atomic mass is 16.4. The molecule has 1 heterocycles. The Morgan fingerprint density at radius 3 is 2.50 bits per heavy atom. The quantitative estimate of drug-likeness (QED) is 0.848. The van der Waals surface area contributed by atoms with Gasteiger partial charge in [0.05, 0.1) is 6.20 Å². The van der Waals surface area contributed by atoms with Gasteiger partial charge in [0.15, 0.2) is 0 Å². The highest BCUT2D eigenvalue weighted by Crippen LogP contribution is 2.37. The van der Waals surface area contributed by atoms with E-state index in [0.717, 1.165) is 24.1 Å². The predicted molar refractivity (Wildman–Crippen MR) is 86.8 cm³/mol. The Morgan fingerprint density at radius 1 is 1.27 bits per heavy atom. The topological polar surface area (TPSA) is 55.1 Å². The highest BCUT2D eigenvalue weighted by molar-refractivity contribution is 5.85. The van der Waals surface area contributed by atoms with E-state index in [-0.39, 0.29) is 0 Å². The lowest BCUT2D eigenvalue weighted by molar-refractivity contribution is -0.142. The van der Waals surface area contributed by atoms with Crippen molar-refractivity contribution in [2.75, 3.05) is 0 Å². The van der Waals surface area contributed by atoms with Crippen molar-refractivity contribution >= 4 is 5.97 Å². The zero-order valence-electron chi connectivity index (χ0n) is 13.5. The van der Waals surface area contributed by atoms with Gasteiger partial charge in [0, 0.05) is 18.3 Å². The molecule has 1 N–H and O–H groups in total. The lowest BCUT2D eigenvalue weighted by atomic mass is 9.72. The monoisotopic (exact) mass is 300 g/mol. The molecule has 4 nitrogen and oxygen atoms in total. The second-order valence-corrected chi connectivity index (χ2v) is 6.17. The molecule has 22 heavy (non-hydrogen) atoms. The molecule has 0 amide bonds. The SMILES string of the molecule is CCCC(C(=O)O)(c1ccccc1)c1cnn(CC(C)C)c1. The first kappa shape index (κ1) is 16.3. The summed E-state index contributed by atoms with van der Waals surface area (Å²) >= 11 is 0. The molecular weight excluding hydrogens is 276 g/mol. The maximum absolute atomic E-state index is 12.2. The van der Waals surface area contributed by atoms with Crippen molar-refractivity contribution < 1.29 is 9.90 Å². The van der Waals surface area contributed by atoms with Gasteiger partial charge in [-0.15, -0.1) is 0 Å². The molecule has 4 heteroatoms. The van der Waals surface area contributed by atoms with Crippen molar-refractivity contribution in [3.63, 3.8) is 0 Å². The van der Waals surface area contributed by atoms with Gasteiger partial charge in [0.25, 0.3) is 0 Å². The molecule has 1 aromatic carbocycles. The van der Waals surface area contributed by atoms with Crippen molar-refractivity contribution in [3.8, 4) is 0 Å². The number of aromatic nitrogens is 2. The predicted octanol–water partition coefficient (Wildman–Crippen LogP) is 3.71. The summed E-state index contributed by atoms with van der Waals surface area (Å²) in [6.45, 7) is 7.04. The second kappa shape index (κ2) is 6.77. The molecule has 0 radical (unpaired) electrons. The molecule has 2 aromatic rings. The van der Waals surface area contributed by atoms with Crippen LogP contribution < -0.4 is 0 Å². The minimum atomic E-state index is -1.02. The fourth-order valence-corrected chi connectivity index (χ4v) is 2.96. The van der Waals surface area contributed by atoms with Crippen LogP contribution in [0.2, 0.25) is 0 Å². The summed E-state index contributed by atoms with van der Waals surface area (Å²) < 4.78 is 1.84.